The number of aldehydes is 1. The first-order chi connectivity index (χ1) is 9.67. The van der Waals surface area contributed by atoms with Crippen LogP contribution in [0.25, 0.3) is 0 Å². The molecule has 1 N–H and O–H groups in total. The standard InChI is InChI=1S/C14H24N2O4/c1-2-20-14(19)7-5-8-15-13(18)10-16-9-4-3-6-12(16)11-17/h11-12H,2-10H2,1H3,(H,15,18). The SMILES string of the molecule is CCOC(=O)CCCNC(=O)CN1CCCCC1C=O. The summed E-state index contributed by atoms with van der Waals surface area (Å²) >= 11 is 0. The summed E-state index contributed by atoms with van der Waals surface area (Å²) in [6.45, 7) is 3.65. The molecule has 6 heteroatoms. The van der Waals surface area contributed by atoms with Crippen LogP contribution in [0.5, 0.6) is 0 Å². The van der Waals surface area contributed by atoms with Gasteiger partial charge in [-0.15, -0.1) is 0 Å². The maximum absolute atomic E-state index is 11.8. The number of hydrogen-bond donors (Lipinski definition) is 1. The summed E-state index contributed by atoms with van der Waals surface area (Å²) < 4.78 is 4.80. The molecule has 1 heterocycles. The summed E-state index contributed by atoms with van der Waals surface area (Å²) in [6.07, 6.45) is 4.71. The fourth-order valence-corrected chi connectivity index (χ4v) is 2.30. The largest absolute Gasteiger partial charge is 0.466 e. The summed E-state index contributed by atoms with van der Waals surface area (Å²) in [6, 6.07) is -0.131. The van der Waals surface area contributed by atoms with Crippen LogP contribution in [-0.2, 0) is 19.1 Å². The molecule has 0 saturated carbocycles. The molecule has 1 atom stereocenters. The van der Waals surface area contributed by atoms with Gasteiger partial charge in [0.05, 0.1) is 19.2 Å². The van der Waals surface area contributed by atoms with E-state index in [2.05, 4.69) is 5.32 Å². The first-order valence-corrected chi connectivity index (χ1v) is 7.29. The molecule has 20 heavy (non-hydrogen) atoms. The minimum atomic E-state index is -0.237. The number of ether oxygens (including phenoxy) is 1. The van der Waals surface area contributed by atoms with Gasteiger partial charge in [-0.3, -0.25) is 14.5 Å². The third kappa shape index (κ3) is 6.14. The second-order valence-corrected chi connectivity index (χ2v) is 4.93. The van der Waals surface area contributed by atoms with Crippen molar-refractivity contribution in [2.24, 2.45) is 0 Å². The fourth-order valence-electron chi connectivity index (χ4n) is 2.30. The zero-order chi connectivity index (χ0) is 14.8. The van der Waals surface area contributed by atoms with E-state index < -0.39 is 0 Å². The molecule has 1 saturated heterocycles. The number of piperidine rings is 1. The molecular formula is C14H24N2O4. The topological polar surface area (TPSA) is 75.7 Å². The summed E-state index contributed by atoms with van der Waals surface area (Å²) in [4.78, 5) is 35.7. The summed E-state index contributed by atoms with van der Waals surface area (Å²) in [7, 11) is 0. The van der Waals surface area contributed by atoms with E-state index >= 15 is 0 Å². The minimum absolute atomic E-state index is 0.0948. The van der Waals surface area contributed by atoms with Crippen LogP contribution in [0.2, 0.25) is 0 Å². The van der Waals surface area contributed by atoms with Crippen molar-refractivity contribution in [2.75, 3.05) is 26.2 Å². The first kappa shape index (κ1) is 16.6. The number of rotatable bonds is 8. The number of hydrogen-bond acceptors (Lipinski definition) is 5. The van der Waals surface area contributed by atoms with Gasteiger partial charge in [-0.05, 0) is 32.7 Å². The Hall–Kier alpha value is -1.43. The summed E-state index contributed by atoms with van der Waals surface area (Å²) in [5.74, 6) is -0.332. The van der Waals surface area contributed by atoms with Crippen molar-refractivity contribution in [3.63, 3.8) is 0 Å². The van der Waals surface area contributed by atoms with Gasteiger partial charge < -0.3 is 14.8 Å². The maximum atomic E-state index is 11.8. The van der Waals surface area contributed by atoms with Crippen LogP contribution in [0.3, 0.4) is 0 Å². The van der Waals surface area contributed by atoms with Crippen LogP contribution in [-0.4, -0.2) is 55.3 Å². The number of esters is 1. The number of carbonyl (C=O) groups excluding carboxylic acids is 3. The van der Waals surface area contributed by atoms with Crippen molar-refractivity contribution in [3.8, 4) is 0 Å². The molecule has 6 nitrogen and oxygen atoms in total. The minimum Gasteiger partial charge on any atom is -0.466 e. The van der Waals surface area contributed by atoms with Gasteiger partial charge in [-0.25, -0.2) is 0 Å². The van der Waals surface area contributed by atoms with Crippen LogP contribution in [0.1, 0.15) is 39.0 Å². The van der Waals surface area contributed by atoms with Crippen molar-refractivity contribution in [3.05, 3.63) is 0 Å². The van der Waals surface area contributed by atoms with E-state index in [1.807, 2.05) is 4.90 Å². The van der Waals surface area contributed by atoms with Gasteiger partial charge in [-0.2, -0.15) is 0 Å². The van der Waals surface area contributed by atoms with E-state index in [0.717, 1.165) is 32.1 Å². The number of carbonyl (C=O) groups is 3. The molecule has 0 aromatic rings. The number of nitrogens with zero attached hydrogens (tertiary/aromatic N) is 1. The molecule has 1 unspecified atom stereocenters. The van der Waals surface area contributed by atoms with Crippen LogP contribution >= 0.6 is 0 Å². The van der Waals surface area contributed by atoms with Crippen molar-refractivity contribution < 1.29 is 19.1 Å². The first-order valence-electron chi connectivity index (χ1n) is 7.29. The fraction of sp³-hybridized carbons (Fsp3) is 0.786. The molecule has 1 fully saturated rings. The Kier molecular flexibility index (Phi) is 7.87. The molecule has 1 aliphatic heterocycles. The van der Waals surface area contributed by atoms with E-state index in [4.69, 9.17) is 4.74 Å². The zero-order valence-electron chi connectivity index (χ0n) is 12.1. The van der Waals surface area contributed by atoms with Crippen LogP contribution < -0.4 is 5.32 Å². The molecule has 1 amide bonds. The Morgan fingerprint density at radius 3 is 2.90 bits per heavy atom. The van der Waals surface area contributed by atoms with Crippen LogP contribution in [0.15, 0.2) is 0 Å². The Labute approximate surface area is 119 Å². The second-order valence-electron chi connectivity index (χ2n) is 4.93. The molecule has 0 radical (unpaired) electrons. The molecule has 114 valence electrons. The van der Waals surface area contributed by atoms with Gasteiger partial charge in [0.15, 0.2) is 0 Å². The maximum Gasteiger partial charge on any atom is 0.305 e. The number of likely N-dealkylation sites (tertiary alicyclic amines) is 1. The Balaban J connectivity index is 2.16. The summed E-state index contributed by atoms with van der Waals surface area (Å²) in [5, 5.41) is 2.77. The smallest absolute Gasteiger partial charge is 0.305 e. The molecule has 0 aliphatic carbocycles. The van der Waals surface area contributed by atoms with E-state index in [0.29, 0.717) is 26.0 Å². The highest BCUT2D eigenvalue weighted by Crippen LogP contribution is 2.14. The van der Waals surface area contributed by atoms with Gasteiger partial charge in [0.25, 0.3) is 0 Å². The lowest BCUT2D eigenvalue weighted by Crippen LogP contribution is -2.46. The Morgan fingerprint density at radius 2 is 2.20 bits per heavy atom. The summed E-state index contributed by atoms with van der Waals surface area (Å²) in [5.41, 5.74) is 0. The quantitative estimate of drug-likeness (QED) is 0.399. The lowest BCUT2D eigenvalue weighted by Gasteiger charge is -2.31. The van der Waals surface area contributed by atoms with E-state index in [1.54, 1.807) is 6.92 Å². The van der Waals surface area contributed by atoms with Crippen molar-refractivity contribution in [2.45, 2.75) is 45.1 Å². The second kappa shape index (κ2) is 9.47. The number of amides is 1. The highest BCUT2D eigenvalue weighted by Gasteiger charge is 2.23. The van der Waals surface area contributed by atoms with Gasteiger partial charge >= 0.3 is 5.97 Å². The van der Waals surface area contributed by atoms with Crippen LogP contribution in [0.4, 0.5) is 0 Å². The van der Waals surface area contributed by atoms with E-state index in [9.17, 15) is 14.4 Å². The van der Waals surface area contributed by atoms with Gasteiger partial charge in [0.2, 0.25) is 5.91 Å². The third-order valence-electron chi connectivity index (χ3n) is 3.35. The van der Waals surface area contributed by atoms with Gasteiger partial charge in [-0.1, -0.05) is 6.42 Å². The third-order valence-corrected chi connectivity index (χ3v) is 3.35. The van der Waals surface area contributed by atoms with Gasteiger partial charge in [0, 0.05) is 13.0 Å². The van der Waals surface area contributed by atoms with E-state index in [-0.39, 0.29) is 24.5 Å². The van der Waals surface area contributed by atoms with Gasteiger partial charge in [0.1, 0.15) is 6.29 Å². The molecule has 0 bridgehead atoms. The van der Waals surface area contributed by atoms with E-state index in [1.165, 1.54) is 0 Å². The molecule has 1 rings (SSSR count). The Morgan fingerprint density at radius 1 is 1.40 bits per heavy atom. The van der Waals surface area contributed by atoms with Crippen molar-refractivity contribution in [1.29, 1.82) is 0 Å². The lowest BCUT2D eigenvalue weighted by atomic mass is 10.0. The zero-order valence-corrected chi connectivity index (χ0v) is 12.1. The average molecular weight is 284 g/mol. The average Bonchev–Trinajstić information content (AvgIpc) is 2.44. The molecule has 0 spiro atoms. The monoisotopic (exact) mass is 284 g/mol. The molecular weight excluding hydrogens is 260 g/mol. The molecule has 1 aliphatic rings. The molecule has 0 aromatic carbocycles. The normalized spacial score (nSPS) is 19.4. The predicted octanol–water partition coefficient (Wildman–Crippen LogP) is 0.499. The number of nitrogens with one attached hydrogen (secondary N) is 1. The predicted molar refractivity (Wildman–Crippen MR) is 74.2 cm³/mol. The van der Waals surface area contributed by atoms with Crippen molar-refractivity contribution >= 4 is 18.2 Å². The molecule has 0 aromatic heterocycles. The Bertz CT molecular complexity index is 333. The highest BCUT2D eigenvalue weighted by molar-refractivity contribution is 5.78. The van der Waals surface area contributed by atoms with Crippen molar-refractivity contribution in [1.82, 2.24) is 10.2 Å². The highest BCUT2D eigenvalue weighted by atomic mass is 16.5. The lowest BCUT2D eigenvalue weighted by molar-refractivity contribution is -0.143. The van der Waals surface area contributed by atoms with Crippen LogP contribution in [0, 0.1) is 0 Å².